The van der Waals surface area contributed by atoms with Gasteiger partial charge in [-0.05, 0) is 18.1 Å². The van der Waals surface area contributed by atoms with Gasteiger partial charge in [0.1, 0.15) is 0 Å². The minimum absolute atomic E-state index is 0.929. The number of allylic oxidation sites excluding steroid dienone is 4. The van der Waals surface area contributed by atoms with E-state index >= 15 is 0 Å². The van der Waals surface area contributed by atoms with Crippen LogP contribution >= 0.6 is 0 Å². The van der Waals surface area contributed by atoms with Gasteiger partial charge in [0.2, 0.25) is 0 Å². The van der Waals surface area contributed by atoms with Gasteiger partial charge < -0.3 is 0 Å². The van der Waals surface area contributed by atoms with Crippen molar-refractivity contribution in [2.75, 3.05) is 0 Å². The first kappa shape index (κ1) is 27.5. The van der Waals surface area contributed by atoms with E-state index in [1.807, 2.05) is 91.0 Å². The fourth-order valence-electron chi connectivity index (χ4n) is 0.835. The highest BCUT2D eigenvalue weighted by molar-refractivity contribution is 5.53. The first-order chi connectivity index (χ1) is 10.2. The third-order valence-electron chi connectivity index (χ3n) is 1.55. The SMILES string of the molecule is C=CC.C=CC(=C)/C=C/c1ccccc1.CC.CC.CC. The molecule has 0 atom stereocenters. The predicted octanol–water partition coefficient (Wildman–Crippen LogP) is 7.71. The van der Waals surface area contributed by atoms with Crippen LogP contribution in [0.5, 0.6) is 0 Å². The highest BCUT2D eigenvalue weighted by atomic mass is 13.9. The molecule has 0 saturated heterocycles. The van der Waals surface area contributed by atoms with E-state index in [-0.39, 0.29) is 0 Å². The van der Waals surface area contributed by atoms with Crippen molar-refractivity contribution in [3.05, 3.63) is 79.4 Å². The first-order valence-corrected chi connectivity index (χ1v) is 7.86. The van der Waals surface area contributed by atoms with Gasteiger partial charge >= 0.3 is 0 Å². The lowest BCUT2D eigenvalue weighted by molar-refractivity contribution is 1.50. The van der Waals surface area contributed by atoms with Crippen LogP contribution in [-0.4, -0.2) is 0 Å². The summed E-state index contributed by atoms with van der Waals surface area (Å²) in [4.78, 5) is 0. The molecule has 120 valence electrons. The van der Waals surface area contributed by atoms with E-state index in [9.17, 15) is 0 Å². The minimum Gasteiger partial charge on any atom is -0.103 e. The molecule has 0 radical (unpaired) electrons. The molecule has 0 amide bonds. The molecule has 0 aliphatic heterocycles. The Kier molecular flexibility index (Phi) is 40.5. The summed E-state index contributed by atoms with van der Waals surface area (Å²) in [5.74, 6) is 0. The quantitative estimate of drug-likeness (QED) is 0.394. The second-order valence-corrected chi connectivity index (χ2v) is 2.93. The van der Waals surface area contributed by atoms with Crippen molar-refractivity contribution >= 4 is 6.08 Å². The van der Waals surface area contributed by atoms with Gasteiger partial charge in [0.05, 0.1) is 0 Å². The van der Waals surface area contributed by atoms with Gasteiger partial charge in [-0.25, -0.2) is 0 Å². The Hall–Kier alpha value is -1.82. The van der Waals surface area contributed by atoms with Gasteiger partial charge in [-0.2, -0.15) is 0 Å². The smallest absolute Gasteiger partial charge is 0.0256 e. The predicted molar refractivity (Wildman–Crippen MR) is 105 cm³/mol. The lowest BCUT2D eigenvalue weighted by Gasteiger charge is -1.90. The summed E-state index contributed by atoms with van der Waals surface area (Å²) in [6.45, 7) is 24.7. The molecule has 21 heavy (non-hydrogen) atoms. The van der Waals surface area contributed by atoms with Crippen LogP contribution in [0.15, 0.2) is 73.9 Å². The molecule has 0 spiro atoms. The Morgan fingerprint density at radius 3 is 1.57 bits per heavy atom. The van der Waals surface area contributed by atoms with Crippen LogP contribution in [0, 0.1) is 0 Å². The normalized spacial score (nSPS) is 7.19. The molecule has 0 unspecified atom stereocenters. The standard InChI is InChI=1S/C12H12.C3H6.3C2H6/c1-3-11(2)9-10-12-7-5-4-6-8-12;1-3-2;3*1-2/h3-10H,1-2H2;3H,1H2,2H3;3*1-2H3/b10-9+;;;;. The van der Waals surface area contributed by atoms with Crippen LogP contribution < -0.4 is 0 Å². The maximum atomic E-state index is 3.78. The van der Waals surface area contributed by atoms with E-state index in [0.29, 0.717) is 0 Å². The van der Waals surface area contributed by atoms with Gasteiger partial charge in [0.25, 0.3) is 0 Å². The fraction of sp³-hybridized carbons (Fsp3) is 0.333. The number of rotatable bonds is 3. The van der Waals surface area contributed by atoms with Crippen LogP contribution in [-0.2, 0) is 0 Å². The molecule has 0 heterocycles. The number of hydrogen-bond donors (Lipinski definition) is 0. The molecular weight excluding hydrogens is 252 g/mol. The largest absolute Gasteiger partial charge is 0.103 e. The fourth-order valence-corrected chi connectivity index (χ4v) is 0.835. The average molecular weight is 289 g/mol. The van der Waals surface area contributed by atoms with Crippen molar-refractivity contribution in [2.45, 2.75) is 48.5 Å². The Balaban J connectivity index is -0.000000136. The summed E-state index contributed by atoms with van der Waals surface area (Å²) >= 11 is 0. The Labute approximate surface area is 134 Å². The summed E-state index contributed by atoms with van der Waals surface area (Å²) in [7, 11) is 0. The summed E-state index contributed by atoms with van der Waals surface area (Å²) in [5, 5.41) is 0. The molecule has 1 rings (SSSR count). The first-order valence-electron chi connectivity index (χ1n) is 7.86. The number of hydrogen-bond acceptors (Lipinski definition) is 0. The van der Waals surface area contributed by atoms with E-state index in [4.69, 9.17) is 0 Å². The summed E-state index contributed by atoms with van der Waals surface area (Å²) < 4.78 is 0. The monoisotopic (exact) mass is 288 g/mol. The zero-order valence-corrected chi connectivity index (χ0v) is 15.3. The highest BCUT2D eigenvalue weighted by Gasteiger charge is 1.82. The minimum atomic E-state index is 0.929. The Morgan fingerprint density at radius 1 is 0.857 bits per heavy atom. The Morgan fingerprint density at radius 2 is 1.24 bits per heavy atom. The molecule has 1 aromatic rings. The molecule has 0 nitrogen and oxygen atoms in total. The van der Waals surface area contributed by atoms with Crippen LogP contribution in [0.4, 0.5) is 0 Å². The highest BCUT2D eigenvalue weighted by Crippen LogP contribution is 2.03. The Bertz CT molecular complexity index is 328. The van der Waals surface area contributed by atoms with Crippen LogP contribution in [0.2, 0.25) is 0 Å². The molecule has 0 heteroatoms. The second kappa shape index (κ2) is 30.9. The van der Waals surface area contributed by atoms with Gasteiger partial charge in [-0.1, -0.05) is 109 Å². The van der Waals surface area contributed by atoms with Gasteiger partial charge in [0.15, 0.2) is 0 Å². The van der Waals surface area contributed by atoms with Crippen molar-refractivity contribution in [3.63, 3.8) is 0 Å². The van der Waals surface area contributed by atoms with Crippen molar-refractivity contribution in [1.82, 2.24) is 0 Å². The van der Waals surface area contributed by atoms with Crippen molar-refractivity contribution in [2.24, 2.45) is 0 Å². The zero-order valence-electron chi connectivity index (χ0n) is 15.3. The maximum absolute atomic E-state index is 3.78. The molecule has 0 bridgehead atoms. The van der Waals surface area contributed by atoms with Crippen LogP contribution in [0.1, 0.15) is 54.0 Å². The van der Waals surface area contributed by atoms with Crippen LogP contribution in [0.3, 0.4) is 0 Å². The third-order valence-corrected chi connectivity index (χ3v) is 1.55. The summed E-state index contributed by atoms with van der Waals surface area (Å²) in [6.07, 6.45) is 7.45. The van der Waals surface area contributed by atoms with Crippen molar-refractivity contribution in [3.8, 4) is 0 Å². The summed E-state index contributed by atoms with van der Waals surface area (Å²) in [5.41, 5.74) is 2.11. The molecular formula is C21H36. The van der Waals surface area contributed by atoms with Gasteiger partial charge in [-0.3, -0.25) is 0 Å². The average Bonchev–Trinajstić information content (AvgIpc) is 2.59. The zero-order chi connectivity index (χ0) is 17.5. The van der Waals surface area contributed by atoms with E-state index < -0.39 is 0 Å². The van der Waals surface area contributed by atoms with Gasteiger partial charge in [-0.15, -0.1) is 6.58 Å². The molecule has 0 saturated carbocycles. The lowest BCUT2D eigenvalue weighted by atomic mass is 10.2. The molecule has 0 aliphatic rings. The summed E-state index contributed by atoms with van der Waals surface area (Å²) in [6, 6.07) is 10.1. The molecule has 0 aliphatic carbocycles. The second-order valence-electron chi connectivity index (χ2n) is 2.93. The molecule has 0 N–H and O–H groups in total. The third kappa shape index (κ3) is 27.4. The van der Waals surface area contributed by atoms with Crippen molar-refractivity contribution < 1.29 is 0 Å². The van der Waals surface area contributed by atoms with E-state index in [2.05, 4.69) is 19.7 Å². The molecule has 0 fully saturated rings. The lowest BCUT2D eigenvalue weighted by Crippen LogP contribution is -1.69. The number of benzene rings is 1. The van der Waals surface area contributed by atoms with E-state index in [0.717, 1.165) is 5.57 Å². The van der Waals surface area contributed by atoms with Gasteiger partial charge in [0, 0.05) is 0 Å². The maximum Gasteiger partial charge on any atom is -0.0256 e. The van der Waals surface area contributed by atoms with E-state index in [1.54, 1.807) is 12.2 Å². The molecule has 1 aromatic carbocycles. The van der Waals surface area contributed by atoms with Crippen molar-refractivity contribution in [1.29, 1.82) is 0 Å². The van der Waals surface area contributed by atoms with Crippen LogP contribution in [0.25, 0.3) is 6.08 Å². The molecule has 0 aromatic heterocycles. The van der Waals surface area contributed by atoms with E-state index in [1.165, 1.54) is 5.56 Å². The topological polar surface area (TPSA) is 0 Å².